The number of amidine groups is 1. The molecule has 0 saturated carbocycles. The van der Waals surface area contributed by atoms with Gasteiger partial charge in [-0.2, -0.15) is 8.42 Å². The van der Waals surface area contributed by atoms with E-state index >= 15 is 0 Å². The van der Waals surface area contributed by atoms with Gasteiger partial charge in [0.1, 0.15) is 5.75 Å². The molecule has 1 saturated heterocycles. The van der Waals surface area contributed by atoms with Crippen molar-refractivity contribution in [2.45, 2.75) is 23.8 Å². The van der Waals surface area contributed by atoms with Gasteiger partial charge in [0.2, 0.25) is 5.72 Å². The highest BCUT2D eigenvalue weighted by atomic mass is 35.5. The Morgan fingerprint density at radius 2 is 1.90 bits per heavy atom. The van der Waals surface area contributed by atoms with Crippen molar-refractivity contribution in [3.8, 4) is 5.75 Å². The van der Waals surface area contributed by atoms with Crippen molar-refractivity contribution < 1.29 is 17.3 Å². The summed E-state index contributed by atoms with van der Waals surface area (Å²) < 4.78 is 36.4. The lowest BCUT2D eigenvalue weighted by Gasteiger charge is -2.41. The number of rotatable bonds is 5. The molecule has 4 rings (SSSR count). The van der Waals surface area contributed by atoms with Gasteiger partial charge < -0.3 is 9.64 Å². The Morgan fingerprint density at radius 1 is 1.17 bits per heavy atom. The van der Waals surface area contributed by atoms with E-state index in [0.29, 0.717) is 29.4 Å². The first-order chi connectivity index (χ1) is 14.3. The van der Waals surface area contributed by atoms with Crippen LogP contribution < -0.4 is 4.74 Å². The number of hydrogen-bond donors (Lipinski definition) is 0. The lowest BCUT2D eigenvalue weighted by molar-refractivity contribution is -0.0391. The van der Waals surface area contributed by atoms with Crippen LogP contribution in [0.1, 0.15) is 29.2 Å². The van der Waals surface area contributed by atoms with Crippen LogP contribution >= 0.6 is 23.4 Å². The normalized spacial score (nSPS) is 24.2. The lowest BCUT2D eigenvalue weighted by atomic mass is 9.92. The largest absolute Gasteiger partial charge is 0.497 e. The zero-order valence-electron chi connectivity index (χ0n) is 16.7. The van der Waals surface area contributed by atoms with Crippen LogP contribution in [0.3, 0.4) is 0 Å². The quantitative estimate of drug-likeness (QED) is 0.608. The Bertz CT molecular complexity index is 1060. The molecule has 0 aromatic heterocycles. The Labute approximate surface area is 186 Å². The summed E-state index contributed by atoms with van der Waals surface area (Å²) in [6.45, 7) is 1.33. The van der Waals surface area contributed by atoms with Crippen LogP contribution in [0.25, 0.3) is 0 Å². The third kappa shape index (κ3) is 3.93. The predicted octanol–water partition coefficient (Wildman–Crippen LogP) is 4.42. The number of halogens is 1. The van der Waals surface area contributed by atoms with E-state index < -0.39 is 21.1 Å². The number of aliphatic imine (C=N–C) groups is 1. The fraction of sp³-hybridized carbons (Fsp3) is 0.381. The maximum Gasteiger partial charge on any atom is 0.267 e. The molecule has 2 heterocycles. The predicted molar refractivity (Wildman–Crippen MR) is 121 cm³/mol. The standard InChI is InChI=1S/C21H23ClN2O4S2/c1-27-16-11-9-15(10-12-16)21(28-30(2,25)26)19(17-7-3-4-8-18(17)22)29-20-23-13-5-6-14-24(20)21/h3-4,7-12,19H,5-6,13-14H2,1-2H3. The highest BCUT2D eigenvalue weighted by Gasteiger charge is 2.58. The molecule has 30 heavy (non-hydrogen) atoms. The molecule has 0 bridgehead atoms. The second-order valence-corrected chi connectivity index (χ2v) is 10.3. The maximum atomic E-state index is 12.6. The summed E-state index contributed by atoms with van der Waals surface area (Å²) in [5.41, 5.74) is 0.205. The molecule has 0 spiro atoms. The minimum atomic E-state index is -3.83. The average Bonchev–Trinajstić information content (AvgIpc) is 2.86. The molecule has 9 heteroatoms. The van der Waals surface area contributed by atoms with Crippen LogP contribution in [0.2, 0.25) is 5.02 Å². The molecule has 2 unspecified atom stereocenters. The Balaban J connectivity index is 1.98. The molecular formula is C21H23ClN2O4S2. The second-order valence-electron chi connectivity index (χ2n) is 7.25. The van der Waals surface area contributed by atoms with E-state index in [0.717, 1.165) is 29.8 Å². The van der Waals surface area contributed by atoms with Gasteiger partial charge in [-0.1, -0.05) is 53.7 Å². The number of ether oxygens (including phenoxy) is 1. The van der Waals surface area contributed by atoms with Crippen molar-refractivity contribution in [2.24, 2.45) is 4.99 Å². The topological polar surface area (TPSA) is 68.2 Å². The van der Waals surface area contributed by atoms with Crippen molar-refractivity contribution in [3.63, 3.8) is 0 Å². The van der Waals surface area contributed by atoms with E-state index in [2.05, 4.69) is 0 Å². The van der Waals surface area contributed by atoms with Crippen LogP contribution in [0.5, 0.6) is 5.75 Å². The van der Waals surface area contributed by atoms with Gasteiger partial charge in [0, 0.05) is 23.7 Å². The summed E-state index contributed by atoms with van der Waals surface area (Å²) in [5, 5.41) is 0.909. The summed E-state index contributed by atoms with van der Waals surface area (Å²) >= 11 is 8.07. The van der Waals surface area contributed by atoms with Gasteiger partial charge in [0.25, 0.3) is 10.1 Å². The summed E-state index contributed by atoms with van der Waals surface area (Å²) in [6.07, 6.45) is 2.91. The van der Waals surface area contributed by atoms with E-state index in [1.54, 1.807) is 7.11 Å². The van der Waals surface area contributed by atoms with Crippen molar-refractivity contribution >= 4 is 38.6 Å². The van der Waals surface area contributed by atoms with Gasteiger partial charge in [-0.05, 0) is 36.6 Å². The number of hydrogen-bond acceptors (Lipinski definition) is 7. The van der Waals surface area contributed by atoms with Crippen LogP contribution in [0, 0.1) is 0 Å². The van der Waals surface area contributed by atoms with Gasteiger partial charge in [0.15, 0.2) is 5.17 Å². The minimum absolute atomic E-state index is 0.425. The fourth-order valence-electron chi connectivity index (χ4n) is 3.94. The lowest BCUT2D eigenvalue weighted by Crippen LogP contribution is -2.49. The average molecular weight is 467 g/mol. The zero-order valence-corrected chi connectivity index (χ0v) is 19.1. The first-order valence-electron chi connectivity index (χ1n) is 9.63. The van der Waals surface area contributed by atoms with Gasteiger partial charge in [-0.25, -0.2) is 4.18 Å². The molecule has 2 aromatic carbocycles. The molecule has 2 atom stereocenters. The number of methoxy groups -OCH3 is 1. The van der Waals surface area contributed by atoms with Crippen molar-refractivity contribution in [1.29, 1.82) is 0 Å². The Hall–Kier alpha value is -1.74. The highest BCUT2D eigenvalue weighted by Crippen LogP contribution is 2.58. The van der Waals surface area contributed by atoms with E-state index in [1.165, 1.54) is 11.8 Å². The summed E-state index contributed by atoms with van der Waals surface area (Å²) in [5.74, 6) is 0.679. The monoisotopic (exact) mass is 466 g/mol. The maximum absolute atomic E-state index is 12.6. The minimum Gasteiger partial charge on any atom is -0.497 e. The molecule has 0 radical (unpaired) electrons. The molecular weight excluding hydrogens is 444 g/mol. The van der Waals surface area contributed by atoms with Crippen molar-refractivity contribution in [1.82, 2.24) is 4.90 Å². The molecule has 6 nitrogen and oxygen atoms in total. The molecule has 0 amide bonds. The van der Waals surface area contributed by atoms with E-state index in [-0.39, 0.29) is 0 Å². The van der Waals surface area contributed by atoms with Gasteiger partial charge in [-0.15, -0.1) is 0 Å². The number of fused-ring (bicyclic) bond motifs is 1. The second kappa shape index (κ2) is 8.42. The Morgan fingerprint density at radius 3 is 2.57 bits per heavy atom. The number of nitrogens with zero attached hydrogens (tertiary/aromatic N) is 2. The summed E-state index contributed by atoms with van der Waals surface area (Å²) in [6, 6.07) is 14.8. The van der Waals surface area contributed by atoms with Gasteiger partial charge in [-0.3, -0.25) is 4.99 Å². The van der Waals surface area contributed by atoms with Crippen molar-refractivity contribution in [2.75, 3.05) is 26.5 Å². The zero-order chi connectivity index (χ0) is 21.4. The molecule has 160 valence electrons. The molecule has 2 aliphatic heterocycles. The fourth-order valence-corrected chi connectivity index (χ4v) is 6.59. The van der Waals surface area contributed by atoms with Crippen LogP contribution in [-0.2, 0) is 20.0 Å². The highest BCUT2D eigenvalue weighted by molar-refractivity contribution is 8.14. The smallest absolute Gasteiger partial charge is 0.267 e. The van der Waals surface area contributed by atoms with E-state index in [9.17, 15) is 8.42 Å². The Kier molecular flexibility index (Phi) is 6.03. The number of thioether (sulfide) groups is 1. The van der Waals surface area contributed by atoms with Crippen LogP contribution in [0.4, 0.5) is 0 Å². The van der Waals surface area contributed by atoms with Crippen LogP contribution in [0.15, 0.2) is 53.5 Å². The summed E-state index contributed by atoms with van der Waals surface area (Å²) in [7, 11) is -2.24. The van der Waals surface area contributed by atoms with Gasteiger partial charge in [0.05, 0.1) is 18.6 Å². The molecule has 1 fully saturated rings. The SMILES string of the molecule is COc1ccc(C2(OS(C)(=O)=O)C(c3ccccc3Cl)SC3=NCCCCN32)cc1. The first kappa shape index (κ1) is 21.5. The molecule has 2 aromatic rings. The van der Waals surface area contributed by atoms with E-state index in [4.69, 9.17) is 25.5 Å². The summed E-state index contributed by atoms with van der Waals surface area (Å²) in [4.78, 5) is 6.73. The van der Waals surface area contributed by atoms with Gasteiger partial charge >= 0.3 is 0 Å². The van der Waals surface area contributed by atoms with Crippen molar-refractivity contribution in [3.05, 3.63) is 64.7 Å². The number of benzene rings is 2. The molecule has 0 N–H and O–H groups in total. The first-order valence-corrected chi connectivity index (χ1v) is 12.7. The third-order valence-corrected chi connectivity index (χ3v) is 7.49. The van der Waals surface area contributed by atoms with E-state index in [1.807, 2.05) is 53.4 Å². The molecule has 2 aliphatic rings. The molecule has 0 aliphatic carbocycles. The van der Waals surface area contributed by atoms with Crippen LogP contribution in [-0.4, -0.2) is 44.9 Å². The third-order valence-electron chi connectivity index (χ3n) is 5.22.